The van der Waals surface area contributed by atoms with E-state index in [0.29, 0.717) is 23.5 Å². The van der Waals surface area contributed by atoms with E-state index in [4.69, 9.17) is 4.74 Å². The lowest BCUT2D eigenvalue weighted by atomic mass is 9.88. The van der Waals surface area contributed by atoms with Crippen LogP contribution >= 0.6 is 0 Å². The molecule has 0 aromatic rings. The number of piperazine rings is 1. The lowest BCUT2D eigenvalue weighted by molar-refractivity contribution is -0.0310. The summed E-state index contributed by atoms with van der Waals surface area (Å²) in [6.07, 6.45) is 6.13. The van der Waals surface area contributed by atoms with Crippen LogP contribution in [0.15, 0.2) is 0 Å². The van der Waals surface area contributed by atoms with E-state index in [0.717, 1.165) is 0 Å². The van der Waals surface area contributed by atoms with Gasteiger partial charge in [-0.25, -0.2) is 0 Å². The third kappa shape index (κ3) is 0.787. The Balaban J connectivity index is 1.81. The molecule has 2 bridgehead atoms. The molecule has 0 aromatic carbocycles. The smallest absolute Gasteiger partial charge is 0.131 e. The molecule has 0 spiro atoms. The number of ether oxygens (including phenoxy) is 1. The van der Waals surface area contributed by atoms with E-state index in [2.05, 4.69) is 23.6 Å². The summed E-state index contributed by atoms with van der Waals surface area (Å²) in [5, 5.41) is 0. The molecule has 0 amide bonds. The van der Waals surface area contributed by atoms with Gasteiger partial charge in [-0.2, -0.15) is 0 Å². The zero-order valence-corrected chi connectivity index (χ0v) is 9.70. The van der Waals surface area contributed by atoms with Crippen molar-refractivity contribution in [2.45, 2.75) is 63.1 Å². The predicted octanol–water partition coefficient (Wildman–Crippen LogP) is 1.39. The Morgan fingerprint density at radius 2 is 1.40 bits per heavy atom. The molecular formula is C12H20N2O. The van der Waals surface area contributed by atoms with Gasteiger partial charge in [-0.1, -0.05) is 0 Å². The summed E-state index contributed by atoms with van der Waals surface area (Å²) in [7, 11) is 0. The van der Waals surface area contributed by atoms with Crippen molar-refractivity contribution in [3.63, 3.8) is 0 Å². The van der Waals surface area contributed by atoms with Gasteiger partial charge in [-0.05, 0) is 39.5 Å². The van der Waals surface area contributed by atoms with Gasteiger partial charge in [0, 0.05) is 13.1 Å². The maximum Gasteiger partial charge on any atom is 0.131 e. The largest absolute Gasteiger partial charge is 0.341 e. The van der Waals surface area contributed by atoms with Crippen LogP contribution in [0.5, 0.6) is 0 Å². The first-order chi connectivity index (χ1) is 7.16. The highest BCUT2D eigenvalue weighted by atomic mass is 16.6. The minimum absolute atomic E-state index is 0.328. The monoisotopic (exact) mass is 208 g/mol. The van der Waals surface area contributed by atoms with E-state index >= 15 is 0 Å². The van der Waals surface area contributed by atoms with Crippen LogP contribution in [-0.4, -0.2) is 46.4 Å². The molecule has 4 heterocycles. The van der Waals surface area contributed by atoms with Crippen LogP contribution in [0, 0.1) is 0 Å². The highest BCUT2D eigenvalue weighted by Gasteiger charge is 2.69. The van der Waals surface area contributed by atoms with E-state index in [1.165, 1.54) is 38.8 Å². The Morgan fingerprint density at radius 3 is 1.87 bits per heavy atom. The molecule has 0 radical (unpaired) electrons. The van der Waals surface area contributed by atoms with E-state index in [1.807, 2.05) is 0 Å². The van der Waals surface area contributed by atoms with Crippen LogP contribution in [0.3, 0.4) is 0 Å². The van der Waals surface area contributed by atoms with Gasteiger partial charge in [0.2, 0.25) is 0 Å². The second-order valence-electron chi connectivity index (χ2n) is 6.15. The van der Waals surface area contributed by atoms with Crippen LogP contribution in [0.25, 0.3) is 0 Å². The molecule has 0 saturated carbocycles. The van der Waals surface area contributed by atoms with Gasteiger partial charge in [0.05, 0.1) is 11.1 Å². The molecule has 4 atom stereocenters. The van der Waals surface area contributed by atoms with Crippen molar-refractivity contribution in [3.05, 3.63) is 0 Å². The van der Waals surface area contributed by atoms with Gasteiger partial charge < -0.3 is 4.74 Å². The fourth-order valence-corrected chi connectivity index (χ4v) is 4.55. The fourth-order valence-electron chi connectivity index (χ4n) is 4.55. The molecule has 0 aliphatic carbocycles. The molecule has 4 fully saturated rings. The zero-order valence-electron chi connectivity index (χ0n) is 9.70. The molecule has 3 nitrogen and oxygen atoms in total. The van der Waals surface area contributed by atoms with Crippen molar-refractivity contribution in [3.8, 4) is 0 Å². The third-order valence-corrected chi connectivity index (χ3v) is 5.36. The Labute approximate surface area is 91.4 Å². The lowest BCUT2D eigenvalue weighted by Crippen LogP contribution is -2.65. The first kappa shape index (κ1) is 8.97. The Kier molecular flexibility index (Phi) is 1.44. The average Bonchev–Trinajstić information content (AvgIpc) is 2.80. The van der Waals surface area contributed by atoms with Crippen molar-refractivity contribution < 1.29 is 4.74 Å². The highest BCUT2D eigenvalue weighted by Crippen LogP contribution is 2.56. The molecule has 0 N–H and O–H groups in total. The molecule has 4 aliphatic heterocycles. The van der Waals surface area contributed by atoms with E-state index < -0.39 is 0 Å². The summed E-state index contributed by atoms with van der Waals surface area (Å²) in [5.41, 5.74) is 0.656. The number of rotatable bonds is 0. The van der Waals surface area contributed by atoms with Gasteiger partial charge in [-0.3, -0.25) is 9.80 Å². The molecule has 84 valence electrons. The Morgan fingerprint density at radius 1 is 0.933 bits per heavy atom. The number of hydrogen-bond acceptors (Lipinski definition) is 3. The van der Waals surface area contributed by atoms with Crippen molar-refractivity contribution in [1.82, 2.24) is 9.80 Å². The van der Waals surface area contributed by atoms with Crippen LogP contribution < -0.4 is 0 Å². The molecule has 0 unspecified atom stereocenters. The highest BCUT2D eigenvalue weighted by molar-refractivity contribution is 5.18. The van der Waals surface area contributed by atoms with Gasteiger partial charge >= 0.3 is 0 Å². The molecule has 4 rings (SSSR count). The first-order valence-corrected chi connectivity index (χ1v) is 6.35. The summed E-state index contributed by atoms with van der Waals surface area (Å²) < 4.78 is 6.26. The zero-order chi connectivity index (χ0) is 10.3. The molecule has 15 heavy (non-hydrogen) atoms. The van der Waals surface area contributed by atoms with E-state index in [-0.39, 0.29) is 0 Å². The second-order valence-corrected chi connectivity index (χ2v) is 6.15. The van der Waals surface area contributed by atoms with Crippen molar-refractivity contribution in [2.24, 2.45) is 0 Å². The number of fused-ring (bicyclic) bond motifs is 8. The van der Waals surface area contributed by atoms with Crippen molar-refractivity contribution in [2.75, 3.05) is 13.1 Å². The Bertz CT molecular complexity index is 291. The topological polar surface area (TPSA) is 15.7 Å². The summed E-state index contributed by atoms with van der Waals surface area (Å²) in [5.74, 6) is 0. The van der Waals surface area contributed by atoms with Crippen LogP contribution in [-0.2, 0) is 4.74 Å². The number of nitrogens with zero attached hydrogens (tertiary/aromatic N) is 2. The molecule has 0 aromatic heterocycles. The molecule has 4 aliphatic rings. The van der Waals surface area contributed by atoms with Crippen LogP contribution in [0.2, 0.25) is 0 Å². The molecule has 4 saturated heterocycles. The summed E-state index contributed by atoms with van der Waals surface area (Å²) >= 11 is 0. The summed E-state index contributed by atoms with van der Waals surface area (Å²) in [4.78, 5) is 5.30. The van der Waals surface area contributed by atoms with Crippen LogP contribution in [0.1, 0.15) is 39.5 Å². The molecular weight excluding hydrogens is 188 g/mol. The van der Waals surface area contributed by atoms with Gasteiger partial charge in [0.1, 0.15) is 12.5 Å². The maximum atomic E-state index is 6.26. The van der Waals surface area contributed by atoms with E-state index in [9.17, 15) is 0 Å². The minimum Gasteiger partial charge on any atom is -0.341 e. The maximum absolute atomic E-state index is 6.26. The SMILES string of the molecule is C[C@@]12CCCN1[C@H]1O[C@@H]2N2CCC[C@@]12C. The third-order valence-electron chi connectivity index (χ3n) is 5.36. The van der Waals surface area contributed by atoms with Crippen LogP contribution in [0.4, 0.5) is 0 Å². The standard InChI is InChI=1S/C12H20N2O/c1-11-5-3-7-13(11)10-12(2)6-4-8-14(12)9(11)15-10/h9-10H,3-8H2,1-2H3/t9-,10-,11-,12-/m0/s1. The lowest BCUT2D eigenvalue weighted by Gasteiger charge is -2.48. The quantitative estimate of drug-likeness (QED) is 0.560. The fraction of sp³-hybridized carbons (Fsp3) is 1.00. The average molecular weight is 208 g/mol. The summed E-state index contributed by atoms with van der Waals surface area (Å²) in [6.45, 7) is 7.31. The normalized spacial score (nSPS) is 58.8. The van der Waals surface area contributed by atoms with E-state index in [1.54, 1.807) is 0 Å². The predicted molar refractivity (Wildman–Crippen MR) is 57.4 cm³/mol. The number of hydrogen-bond donors (Lipinski definition) is 0. The van der Waals surface area contributed by atoms with Gasteiger partial charge in [-0.15, -0.1) is 0 Å². The van der Waals surface area contributed by atoms with Gasteiger partial charge in [0.15, 0.2) is 0 Å². The van der Waals surface area contributed by atoms with Crippen molar-refractivity contribution in [1.29, 1.82) is 0 Å². The molecule has 3 heteroatoms. The van der Waals surface area contributed by atoms with Crippen molar-refractivity contribution >= 4 is 0 Å². The minimum atomic E-state index is 0.328. The first-order valence-electron chi connectivity index (χ1n) is 6.35. The summed E-state index contributed by atoms with van der Waals surface area (Å²) in [6, 6.07) is 0. The Hall–Kier alpha value is -0.120. The second kappa shape index (κ2) is 2.41. The van der Waals surface area contributed by atoms with Gasteiger partial charge in [0.25, 0.3) is 0 Å².